The SMILES string of the molecule is CC1(C#N)NC=C2CCCCCC21. The van der Waals surface area contributed by atoms with Crippen LogP contribution >= 0.6 is 0 Å². The fourth-order valence-electron chi connectivity index (χ4n) is 2.50. The van der Waals surface area contributed by atoms with Gasteiger partial charge < -0.3 is 5.32 Å². The molecule has 0 aromatic rings. The molecule has 0 bridgehead atoms. The maximum atomic E-state index is 9.11. The first-order valence-corrected chi connectivity index (χ1v) is 5.14. The standard InChI is InChI=1S/C11H16N2/c1-11(8-12)10-6-4-2-3-5-9(10)7-13-11/h7,10,13H,2-6H2,1H3. The van der Waals surface area contributed by atoms with Crippen LogP contribution in [0.1, 0.15) is 39.0 Å². The van der Waals surface area contributed by atoms with Crippen LogP contribution in [0.5, 0.6) is 0 Å². The summed E-state index contributed by atoms with van der Waals surface area (Å²) in [6.45, 7) is 2.02. The minimum atomic E-state index is -0.320. The number of fused-ring (bicyclic) bond motifs is 1. The Morgan fingerprint density at radius 2 is 2.38 bits per heavy atom. The van der Waals surface area contributed by atoms with Crippen LogP contribution < -0.4 is 5.32 Å². The van der Waals surface area contributed by atoms with Crippen molar-refractivity contribution in [2.75, 3.05) is 0 Å². The molecule has 0 radical (unpaired) electrons. The van der Waals surface area contributed by atoms with Crippen LogP contribution in [-0.4, -0.2) is 5.54 Å². The minimum absolute atomic E-state index is 0.320. The molecule has 2 nitrogen and oxygen atoms in total. The summed E-state index contributed by atoms with van der Waals surface area (Å²) in [5, 5.41) is 12.3. The summed E-state index contributed by atoms with van der Waals surface area (Å²) in [4.78, 5) is 0. The third kappa shape index (κ3) is 1.33. The van der Waals surface area contributed by atoms with Crippen LogP contribution in [0.2, 0.25) is 0 Å². The van der Waals surface area contributed by atoms with Gasteiger partial charge in [0.15, 0.2) is 0 Å². The highest BCUT2D eigenvalue weighted by molar-refractivity contribution is 5.28. The van der Waals surface area contributed by atoms with E-state index in [1.54, 1.807) is 0 Å². The van der Waals surface area contributed by atoms with Gasteiger partial charge in [-0.1, -0.05) is 12.8 Å². The maximum absolute atomic E-state index is 9.11. The first-order chi connectivity index (χ1) is 6.26. The minimum Gasteiger partial charge on any atom is -0.373 e. The summed E-state index contributed by atoms with van der Waals surface area (Å²) >= 11 is 0. The van der Waals surface area contributed by atoms with Crippen molar-refractivity contribution >= 4 is 0 Å². The predicted octanol–water partition coefficient (Wildman–Crippen LogP) is 2.34. The normalized spacial score (nSPS) is 38.2. The molecule has 1 heterocycles. The first-order valence-electron chi connectivity index (χ1n) is 5.14. The molecule has 0 spiro atoms. The summed E-state index contributed by atoms with van der Waals surface area (Å²) in [5.74, 6) is 0.472. The molecule has 2 atom stereocenters. The van der Waals surface area contributed by atoms with Gasteiger partial charge in [-0.05, 0) is 38.0 Å². The highest BCUT2D eigenvalue weighted by Crippen LogP contribution is 2.38. The number of nitrogens with one attached hydrogen (secondary N) is 1. The average molecular weight is 176 g/mol. The van der Waals surface area contributed by atoms with Crippen molar-refractivity contribution in [3.63, 3.8) is 0 Å². The summed E-state index contributed by atoms with van der Waals surface area (Å²) in [7, 11) is 0. The lowest BCUT2D eigenvalue weighted by atomic mass is 9.82. The molecular formula is C11H16N2. The van der Waals surface area contributed by atoms with E-state index in [0.717, 1.165) is 0 Å². The van der Waals surface area contributed by atoms with E-state index in [1.807, 2.05) is 6.92 Å². The van der Waals surface area contributed by atoms with E-state index in [2.05, 4.69) is 17.6 Å². The highest BCUT2D eigenvalue weighted by Gasteiger charge is 2.40. The molecule has 1 saturated carbocycles. The van der Waals surface area contributed by atoms with Crippen molar-refractivity contribution in [2.45, 2.75) is 44.6 Å². The molecule has 1 N–H and O–H groups in total. The molecular weight excluding hydrogens is 160 g/mol. The molecule has 2 heteroatoms. The van der Waals surface area contributed by atoms with E-state index >= 15 is 0 Å². The number of nitriles is 1. The van der Waals surface area contributed by atoms with Crippen LogP contribution in [0, 0.1) is 17.2 Å². The second-order valence-corrected chi connectivity index (χ2v) is 4.33. The molecule has 0 amide bonds. The zero-order chi connectivity index (χ0) is 9.31. The second kappa shape index (κ2) is 3.06. The Hall–Kier alpha value is -0.970. The molecule has 0 aromatic carbocycles. The van der Waals surface area contributed by atoms with Crippen molar-refractivity contribution in [1.82, 2.24) is 5.32 Å². The fourth-order valence-corrected chi connectivity index (χ4v) is 2.50. The van der Waals surface area contributed by atoms with Gasteiger partial charge in [0.1, 0.15) is 5.54 Å². The van der Waals surface area contributed by atoms with Gasteiger partial charge in [0.2, 0.25) is 0 Å². The van der Waals surface area contributed by atoms with Crippen LogP contribution in [0.4, 0.5) is 0 Å². The van der Waals surface area contributed by atoms with E-state index in [0.29, 0.717) is 5.92 Å². The molecule has 1 aliphatic heterocycles. The summed E-state index contributed by atoms with van der Waals surface area (Å²) in [6.07, 6.45) is 8.36. The Labute approximate surface area is 79.6 Å². The fraction of sp³-hybridized carbons (Fsp3) is 0.727. The Kier molecular flexibility index (Phi) is 2.03. The molecule has 2 aliphatic rings. The Balaban J connectivity index is 2.22. The maximum Gasteiger partial charge on any atom is 0.128 e. The molecule has 1 aliphatic carbocycles. The number of hydrogen-bond acceptors (Lipinski definition) is 2. The predicted molar refractivity (Wildman–Crippen MR) is 51.8 cm³/mol. The van der Waals surface area contributed by atoms with Crippen molar-refractivity contribution in [3.8, 4) is 6.07 Å². The lowest BCUT2D eigenvalue weighted by Crippen LogP contribution is -2.40. The summed E-state index contributed by atoms with van der Waals surface area (Å²) in [6, 6.07) is 2.40. The van der Waals surface area contributed by atoms with Crippen molar-refractivity contribution in [3.05, 3.63) is 11.8 Å². The zero-order valence-electron chi connectivity index (χ0n) is 8.14. The first kappa shape index (κ1) is 8.62. The third-order valence-electron chi connectivity index (χ3n) is 3.39. The van der Waals surface area contributed by atoms with Gasteiger partial charge in [-0.15, -0.1) is 0 Å². The molecule has 2 unspecified atom stereocenters. The van der Waals surface area contributed by atoms with Crippen molar-refractivity contribution < 1.29 is 0 Å². The van der Waals surface area contributed by atoms with Crippen LogP contribution in [-0.2, 0) is 0 Å². The van der Waals surface area contributed by atoms with Gasteiger partial charge in [-0.2, -0.15) is 5.26 Å². The lowest BCUT2D eigenvalue weighted by molar-refractivity contribution is 0.380. The molecule has 0 aromatic heterocycles. The molecule has 70 valence electrons. The van der Waals surface area contributed by atoms with Crippen molar-refractivity contribution in [2.24, 2.45) is 5.92 Å². The monoisotopic (exact) mass is 176 g/mol. The van der Waals surface area contributed by atoms with E-state index < -0.39 is 0 Å². The van der Waals surface area contributed by atoms with E-state index in [9.17, 15) is 0 Å². The summed E-state index contributed by atoms with van der Waals surface area (Å²) < 4.78 is 0. The van der Waals surface area contributed by atoms with E-state index in [1.165, 1.54) is 37.7 Å². The van der Waals surface area contributed by atoms with Gasteiger partial charge in [0.05, 0.1) is 6.07 Å². The summed E-state index contributed by atoms with van der Waals surface area (Å²) in [5.41, 5.74) is 1.15. The molecule has 1 fully saturated rings. The smallest absolute Gasteiger partial charge is 0.128 e. The van der Waals surface area contributed by atoms with Gasteiger partial charge in [0, 0.05) is 5.92 Å². The Morgan fingerprint density at radius 1 is 1.54 bits per heavy atom. The van der Waals surface area contributed by atoms with Crippen LogP contribution in [0.15, 0.2) is 11.8 Å². The van der Waals surface area contributed by atoms with Gasteiger partial charge in [-0.3, -0.25) is 0 Å². The number of nitrogens with zero attached hydrogens (tertiary/aromatic N) is 1. The third-order valence-corrected chi connectivity index (χ3v) is 3.39. The molecule has 2 rings (SSSR count). The van der Waals surface area contributed by atoms with Crippen molar-refractivity contribution in [1.29, 1.82) is 5.26 Å². The van der Waals surface area contributed by atoms with Gasteiger partial charge in [0.25, 0.3) is 0 Å². The number of hydrogen-bond donors (Lipinski definition) is 1. The largest absolute Gasteiger partial charge is 0.373 e. The molecule has 0 saturated heterocycles. The Morgan fingerprint density at radius 3 is 3.15 bits per heavy atom. The lowest BCUT2D eigenvalue weighted by Gasteiger charge is -2.25. The van der Waals surface area contributed by atoms with E-state index in [-0.39, 0.29) is 5.54 Å². The Bertz CT molecular complexity index is 274. The topological polar surface area (TPSA) is 35.8 Å². The quantitative estimate of drug-likeness (QED) is 0.615. The van der Waals surface area contributed by atoms with E-state index in [4.69, 9.17) is 5.26 Å². The average Bonchev–Trinajstić information content (AvgIpc) is 2.38. The molecule has 13 heavy (non-hydrogen) atoms. The van der Waals surface area contributed by atoms with Crippen LogP contribution in [0.3, 0.4) is 0 Å². The second-order valence-electron chi connectivity index (χ2n) is 4.33. The number of rotatable bonds is 0. The van der Waals surface area contributed by atoms with Gasteiger partial charge in [-0.25, -0.2) is 0 Å². The van der Waals surface area contributed by atoms with Gasteiger partial charge >= 0.3 is 0 Å². The van der Waals surface area contributed by atoms with Crippen LogP contribution in [0.25, 0.3) is 0 Å². The highest BCUT2D eigenvalue weighted by atomic mass is 15.0. The zero-order valence-corrected chi connectivity index (χ0v) is 8.14.